The van der Waals surface area contributed by atoms with Crippen LogP contribution < -0.4 is 19.5 Å². The van der Waals surface area contributed by atoms with Crippen molar-refractivity contribution in [2.75, 3.05) is 48.0 Å². The monoisotopic (exact) mass is 527 g/mol. The molecular weight excluding hydrogens is 493 g/mol. The number of hydrogen-bond acceptors (Lipinski definition) is 4. The Morgan fingerprint density at radius 1 is 0.900 bits per heavy atom. The molecule has 0 amide bonds. The molecule has 0 bridgehead atoms. The fourth-order valence-electron chi connectivity index (χ4n) is 2.99. The second-order valence-electron chi connectivity index (χ2n) is 6.69. The first kappa shape index (κ1) is 25.9. The zero-order valence-electron chi connectivity index (χ0n) is 18.6. The molecule has 0 saturated carbocycles. The van der Waals surface area contributed by atoms with Gasteiger partial charge in [0.2, 0.25) is 0 Å². The Balaban J connectivity index is 0.00000450. The van der Waals surface area contributed by atoms with E-state index in [1.54, 1.807) is 21.3 Å². The van der Waals surface area contributed by atoms with Gasteiger partial charge in [-0.3, -0.25) is 4.99 Å². The highest BCUT2D eigenvalue weighted by Crippen LogP contribution is 2.27. The van der Waals surface area contributed by atoms with Crippen molar-refractivity contribution < 1.29 is 14.2 Å². The van der Waals surface area contributed by atoms with Crippen LogP contribution in [0.2, 0.25) is 0 Å². The smallest absolute Gasteiger partial charge is 0.193 e. The molecule has 2 aromatic rings. The summed E-state index contributed by atoms with van der Waals surface area (Å²) in [5.74, 6) is 3.30. The normalized spacial score (nSPS) is 10.8. The van der Waals surface area contributed by atoms with Gasteiger partial charge in [-0.1, -0.05) is 18.2 Å². The first-order valence-electron chi connectivity index (χ1n) is 9.94. The van der Waals surface area contributed by atoms with E-state index in [1.165, 1.54) is 11.1 Å². The molecule has 0 aliphatic rings. The highest BCUT2D eigenvalue weighted by molar-refractivity contribution is 14.0. The van der Waals surface area contributed by atoms with Gasteiger partial charge in [0.15, 0.2) is 17.5 Å². The average Bonchev–Trinajstić information content (AvgIpc) is 2.77. The number of likely N-dealkylation sites (N-methyl/N-ethyl adjacent to an activating group) is 1. The number of halogens is 1. The van der Waals surface area contributed by atoms with Crippen molar-refractivity contribution in [1.29, 1.82) is 0 Å². The minimum absolute atomic E-state index is 0. The van der Waals surface area contributed by atoms with Crippen molar-refractivity contribution >= 4 is 29.9 Å². The van der Waals surface area contributed by atoms with E-state index >= 15 is 0 Å². The SMILES string of the molecule is CCNC(=NCCc1ccc(OC)cc1)N(C)CCc1ccc(OC)c(OC)c1.I. The van der Waals surface area contributed by atoms with E-state index in [-0.39, 0.29) is 24.0 Å². The van der Waals surface area contributed by atoms with Gasteiger partial charge in [-0.25, -0.2) is 0 Å². The quantitative estimate of drug-likeness (QED) is 0.288. The molecule has 0 fully saturated rings. The molecule has 0 aromatic heterocycles. The molecule has 0 heterocycles. The van der Waals surface area contributed by atoms with E-state index in [0.29, 0.717) is 0 Å². The maximum Gasteiger partial charge on any atom is 0.193 e. The molecule has 166 valence electrons. The minimum atomic E-state index is 0. The number of aliphatic imine (C=N–C) groups is 1. The first-order valence-corrected chi connectivity index (χ1v) is 9.94. The lowest BCUT2D eigenvalue weighted by Crippen LogP contribution is -2.40. The van der Waals surface area contributed by atoms with Crippen LogP contribution in [0.1, 0.15) is 18.1 Å². The van der Waals surface area contributed by atoms with Crippen molar-refractivity contribution in [1.82, 2.24) is 10.2 Å². The molecule has 7 heteroatoms. The van der Waals surface area contributed by atoms with Crippen LogP contribution in [-0.4, -0.2) is 58.9 Å². The van der Waals surface area contributed by atoms with Gasteiger partial charge in [0.1, 0.15) is 5.75 Å². The summed E-state index contributed by atoms with van der Waals surface area (Å²) in [5, 5.41) is 3.38. The van der Waals surface area contributed by atoms with Gasteiger partial charge in [0.05, 0.1) is 21.3 Å². The third kappa shape index (κ3) is 7.93. The van der Waals surface area contributed by atoms with Gasteiger partial charge in [-0.2, -0.15) is 0 Å². The third-order valence-electron chi connectivity index (χ3n) is 4.70. The van der Waals surface area contributed by atoms with Crippen LogP contribution in [0, 0.1) is 0 Å². The van der Waals surface area contributed by atoms with Crippen LogP contribution in [0.5, 0.6) is 17.2 Å². The lowest BCUT2D eigenvalue weighted by atomic mass is 10.1. The predicted octanol–water partition coefficient (Wildman–Crippen LogP) is 4.01. The minimum Gasteiger partial charge on any atom is -0.497 e. The third-order valence-corrected chi connectivity index (χ3v) is 4.70. The second-order valence-corrected chi connectivity index (χ2v) is 6.69. The molecule has 1 N–H and O–H groups in total. The lowest BCUT2D eigenvalue weighted by molar-refractivity contribution is 0.354. The molecule has 6 nitrogen and oxygen atoms in total. The number of benzene rings is 2. The number of hydrogen-bond donors (Lipinski definition) is 1. The van der Waals surface area contributed by atoms with Crippen LogP contribution in [0.15, 0.2) is 47.5 Å². The number of ether oxygens (including phenoxy) is 3. The van der Waals surface area contributed by atoms with Crippen molar-refractivity contribution in [2.45, 2.75) is 19.8 Å². The second kappa shape index (κ2) is 14.0. The first-order chi connectivity index (χ1) is 14.1. The van der Waals surface area contributed by atoms with Crippen LogP contribution in [0.3, 0.4) is 0 Å². The molecule has 0 radical (unpaired) electrons. The van der Waals surface area contributed by atoms with Crippen LogP contribution in [-0.2, 0) is 12.8 Å². The summed E-state index contributed by atoms with van der Waals surface area (Å²) in [5.41, 5.74) is 2.45. The summed E-state index contributed by atoms with van der Waals surface area (Å²) in [6.45, 7) is 4.50. The van der Waals surface area contributed by atoms with Crippen LogP contribution in [0.4, 0.5) is 0 Å². The summed E-state index contributed by atoms with van der Waals surface area (Å²) in [6.07, 6.45) is 1.78. The summed E-state index contributed by atoms with van der Waals surface area (Å²) >= 11 is 0. The fraction of sp³-hybridized carbons (Fsp3) is 0.435. The fourth-order valence-corrected chi connectivity index (χ4v) is 2.99. The Labute approximate surface area is 197 Å². The van der Waals surface area contributed by atoms with Crippen molar-refractivity contribution in [3.05, 3.63) is 53.6 Å². The molecule has 2 rings (SSSR count). The van der Waals surface area contributed by atoms with Gasteiger partial charge in [-0.15, -0.1) is 24.0 Å². The Hall–Kier alpha value is -2.16. The largest absolute Gasteiger partial charge is 0.497 e. The summed E-state index contributed by atoms with van der Waals surface area (Å²) in [7, 11) is 7.05. The van der Waals surface area contributed by atoms with E-state index in [2.05, 4.69) is 42.4 Å². The van der Waals surface area contributed by atoms with E-state index in [0.717, 1.165) is 55.7 Å². The van der Waals surface area contributed by atoms with E-state index in [1.807, 2.05) is 24.3 Å². The Kier molecular flexibility index (Phi) is 12.0. The van der Waals surface area contributed by atoms with Crippen molar-refractivity contribution in [3.63, 3.8) is 0 Å². The van der Waals surface area contributed by atoms with Gasteiger partial charge in [0, 0.05) is 26.7 Å². The molecule has 30 heavy (non-hydrogen) atoms. The molecule has 0 saturated heterocycles. The molecule has 0 aliphatic heterocycles. The molecule has 2 aromatic carbocycles. The van der Waals surface area contributed by atoms with E-state index < -0.39 is 0 Å². The van der Waals surface area contributed by atoms with Crippen molar-refractivity contribution in [3.8, 4) is 17.2 Å². The summed E-state index contributed by atoms with van der Waals surface area (Å²) in [4.78, 5) is 6.94. The molecular formula is C23H34IN3O3. The van der Waals surface area contributed by atoms with Gasteiger partial charge >= 0.3 is 0 Å². The standard InChI is InChI=1S/C23H33N3O3.HI/c1-6-24-23(25-15-13-18-7-10-20(27-3)11-8-18)26(2)16-14-19-9-12-21(28-4)22(17-19)29-5;/h7-12,17H,6,13-16H2,1-5H3,(H,24,25);1H. The molecule has 0 spiro atoms. The van der Waals surface area contributed by atoms with E-state index in [4.69, 9.17) is 19.2 Å². The average molecular weight is 527 g/mol. The Bertz CT molecular complexity index is 782. The Morgan fingerprint density at radius 3 is 2.17 bits per heavy atom. The van der Waals surface area contributed by atoms with Crippen LogP contribution in [0.25, 0.3) is 0 Å². The topological polar surface area (TPSA) is 55.3 Å². The number of nitrogens with one attached hydrogen (secondary N) is 1. The number of rotatable bonds is 10. The zero-order chi connectivity index (χ0) is 21.1. The number of methoxy groups -OCH3 is 3. The van der Waals surface area contributed by atoms with E-state index in [9.17, 15) is 0 Å². The van der Waals surface area contributed by atoms with Gasteiger partial charge in [-0.05, 0) is 55.2 Å². The predicted molar refractivity (Wildman–Crippen MR) is 134 cm³/mol. The molecule has 0 aliphatic carbocycles. The van der Waals surface area contributed by atoms with Gasteiger partial charge < -0.3 is 24.4 Å². The summed E-state index contributed by atoms with van der Waals surface area (Å²) < 4.78 is 15.9. The number of guanidine groups is 1. The lowest BCUT2D eigenvalue weighted by Gasteiger charge is -2.22. The van der Waals surface area contributed by atoms with Crippen LogP contribution >= 0.6 is 24.0 Å². The zero-order valence-corrected chi connectivity index (χ0v) is 20.9. The molecule has 0 unspecified atom stereocenters. The highest BCUT2D eigenvalue weighted by Gasteiger charge is 2.08. The maximum absolute atomic E-state index is 5.40. The summed E-state index contributed by atoms with van der Waals surface area (Å²) in [6, 6.07) is 14.2. The van der Waals surface area contributed by atoms with Gasteiger partial charge in [0.25, 0.3) is 0 Å². The highest BCUT2D eigenvalue weighted by atomic mass is 127. The maximum atomic E-state index is 5.40. The van der Waals surface area contributed by atoms with Crippen molar-refractivity contribution in [2.24, 2.45) is 4.99 Å². The Morgan fingerprint density at radius 2 is 1.57 bits per heavy atom. The molecule has 0 atom stereocenters. The number of nitrogens with zero attached hydrogens (tertiary/aromatic N) is 2.